The van der Waals surface area contributed by atoms with Crippen LogP contribution in [0, 0.1) is 6.92 Å². The van der Waals surface area contributed by atoms with Crippen molar-refractivity contribution in [2.24, 2.45) is 0 Å². The lowest BCUT2D eigenvalue weighted by atomic mass is 9.99. The minimum absolute atomic E-state index is 0.0514. The Hall–Kier alpha value is -2.73. The van der Waals surface area contributed by atoms with Crippen molar-refractivity contribution in [2.75, 3.05) is 20.1 Å². The summed E-state index contributed by atoms with van der Waals surface area (Å²) in [6.07, 6.45) is 5.86. The fourth-order valence-electron chi connectivity index (χ4n) is 4.59. The van der Waals surface area contributed by atoms with Crippen molar-refractivity contribution in [1.82, 2.24) is 19.8 Å². The topological polar surface area (TPSA) is 62.5 Å². The molecule has 1 amide bonds. The van der Waals surface area contributed by atoms with Gasteiger partial charge < -0.3 is 14.2 Å². The average Bonchev–Trinajstić information content (AvgIpc) is 3.09. The van der Waals surface area contributed by atoms with Gasteiger partial charge in [-0.2, -0.15) is 0 Å². The van der Waals surface area contributed by atoms with Gasteiger partial charge in [-0.1, -0.05) is 18.2 Å². The van der Waals surface area contributed by atoms with E-state index in [2.05, 4.69) is 16.9 Å². The molecule has 2 aliphatic rings. The molecule has 29 heavy (non-hydrogen) atoms. The number of rotatable bonds is 2. The molecule has 1 saturated heterocycles. The number of carbonyl (C=O) groups is 1. The standard InChI is InChI=1S/C23H26N4O2/c1-15-17-7-3-4-9-20(17)29-21(15)23(28)27-11-6-5-8-19(27)22-24-13-16-14-26(2)12-10-18(16)25-22/h3-4,7,9,13,19H,5-6,8,10-12,14H2,1-2H3/t19-/m0/s1. The van der Waals surface area contributed by atoms with Gasteiger partial charge in [-0.05, 0) is 39.3 Å². The Balaban J connectivity index is 1.48. The van der Waals surface area contributed by atoms with E-state index >= 15 is 0 Å². The van der Waals surface area contributed by atoms with Crippen molar-refractivity contribution in [1.29, 1.82) is 0 Å². The highest BCUT2D eigenvalue weighted by Gasteiger charge is 2.34. The Morgan fingerprint density at radius 3 is 2.93 bits per heavy atom. The summed E-state index contributed by atoms with van der Waals surface area (Å²) < 4.78 is 5.96. The maximum absolute atomic E-state index is 13.5. The summed E-state index contributed by atoms with van der Waals surface area (Å²) in [6, 6.07) is 7.73. The molecule has 1 fully saturated rings. The number of hydrogen-bond acceptors (Lipinski definition) is 5. The molecule has 0 bridgehead atoms. The molecule has 0 unspecified atom stereocenters. The van der Waals surface area contributed by atoms with Crippen molar-refractivity contribution in [2.45, 2.75) is 45.2 Å². The summed E-state index contributed by atoms with van der Waals surface area (Å²) >= 11 is 0. The van der Waals surface area contributed by atoms with Gasteiger partial charge in [0.2, 0.25) is 0 Å². The first-order valence-electron chi connectivity index (χ1n) is 10.4. The highest BCUT2D eigenvalue weighted by Crippen LogP contribution is 2.33. The van der Waals surface area contributed by atoms with E-state index < -0.39 is 0 Å². The van der Waals surface area contributed by atoms with E-state index in [1.807, 2.05) is 42.3 Å². The molecule has 2 aliphatic heterocycles. The molecule has 0 spiro atoms. The zero-order chi connectivity index (χ0) is 20.0. The number of likely N-dealkylation sites (tertiary alicyclic amines) is 1. The molecule has 6 nitrogen and oxygen atoms in total. The molecule has 1 atom stereocenters. The van der Waals surface area contributed by atoms with Crippen LogP contribution in [0.4, 0.5) is 0 Å². The van der Waals surface area contributed by atoms with Crippen LogP contribution in [0.5, 0.6) is 0 Å². The molecule has 6 heteroatoms. The maximum atomic E-state index is 13.5. The average molecular weight is 390 g/mol. The molecule has 0 aliphatic carbocycles. The second kappa shape index (κ2) is 7.26. The Morgan fingerprint density at radius 2 is 2.07 bits per heavy atom. The quantitative estimate of drug-likeness (QED) is 0.664. The van der Waals surface area contributed by atoms with Crippen LogP contribution in [0.1, 0.15) is 58.5 Å². The van der Waals surface area contributed by atoms with Gasteiger partial charge in [0.25, 0.3) is 5.91 Å². The third-order valence-electron chi connectivity index (χ3n) is 6.24. The van der Waals surface area contributed by atoms with Crippen LogP contribution in [0.25, 0.3) is 11.0 Å². The van der Waals surface area contributed by atoms with E-state index in [0.29, 0.717) is 12.3 Å². The van der Waals surface area contributed by atoms with Gasteiger partial charge in [-0.25, -0.2) is 9.97 Å². The predicted octanol–water partition coefficient (Wildman–Crippen LogP) is 3.89. The number of hydrogen-bond donors (Lipinski definition) is 0. The van der Waals surface area contributed by atoms with Crippen LogP contribution in [0.3, 0.4) is 0 Å². The Kier molecular flexibility index (Phi) is 4.59. The summed E-state index contributed by atoms with van der Waals surface area (Å²) in [5.74, 6) is 1.16. The number of amides is 1. The summed E-state index contributed by atoms with van der Waals surface area (Å²) in [5, 5.41) is 0.999. The van der Waals surface area contributed by atoms with Crippen LogP contribution < -0.4 is 0 Å². The van der Waals surface area contributed by atoms with Crippen LogP contribution in [-0.4, -0.2) is 45.8 Å². The van der Waals surface area contributed by atoms with Crippen molar-refractivity contribution < 1.29 is 9.21 Å². The van der Waals surface area contributed by atoms with Crippen LogP contribution in [-0.2, 0) is 13.0 Å². The van der Waals surface area contributed by atoms with Gasteiger partial charge in [0, 0.05) is 54.5 Å². The summed E-state index contributed by atoms with van der Waals surface area (Å²) in [6.45, 7) is 4.57. The molecule has 3 aromatic rings. The number of piperidine rings is 1. The highest BCUT2D eigenvalue weighted by molar-refractivity contribution is 5.99. The maximum Gasteiger partial charge on any atom is 0.290 e. The highest BCUT2D eigenvalue weighted by atomic mass is 16.3. The molecule has 0 radical (unpaired) electrons. The van der Waals surface area contributed by atoms with E-state index in [4.69, 9.17) is 9.40 Å². The third-order valence-corrected chi connectivity index (χ3v) is 6.24. The molecule has 2 aromatic heterocycles. The minimum Gasteiger partial charge on any atom is -0.451 e. The third kappa shape index (κ3) is 3.21. The Morgan fingerprint density at radius 1 is 1.21 bits per heavy atom. The smallest absolute Gasteiger partial charge is 0.290 e. The molecule has 1 aromatic carbocycles. The number of aryl methyl sites for hydroxylation is 1. The normalized spacial score (nSPS) is 20.1. The van der Waals surface area contributed by atoms with E-state index in [1.165, 1.54) is 5.56 Å². The second-order valence-electron chi connectivity index (χ2n) is 8.25. The van der Waals surface area contributed by atoms with Gasteiger partial charge in [0.05, 0.1) is 6.04 Å². The largest absolute Gasteiger partial charge is 0.451 e. The van der Waals surface area contributed by atoms with Crippen molar-refractivity contribution in [3.8, 4) is 0 Å². The van der Waals surface area contributed by atoms with Crippen LogP contribution >= 0.6 is 0 Å². The SMILES string of the molecule is Cc1c(C(=O)N2CCCC[C@H]2c2ncc3c(n2)CCN(C)C3)oc2ccccc12. The van der Waals surface area contributed by atoms with Gasteiger partial charge in [-0.15, -0.1) is 0 Å². The van der Waals surface area contributed by atoms with E-state index in [9.17, 15) is 4.79 Å². The van der Waals surface area contributed by atoms with E-state index in [0.717, 1.165) is 66.8 Å². The van der Waals surface area contributed by atoms with Crippen LogP contribution in [0.2, 0.25) is 0 Å². The van der Waals surface area contributed by atoms with Crippen molar-refractivity contribution >= 4 is 16.9 Å². The fourth-order valence-corrected chi connectivity index (χ4v) is 4.59. The van der Waals surface area contributed by atoms with Crippen molar-refractivity contribution in [3.05, 3.63) is 58.9 Å². The summed E-state index contributed by atoms with van der Waals surface area (Å²) in [7, 11) is 2.12. The number of para-hydroxylation sites is 1. The lowest BCUT2D eigenvalue weighted by Gasteiger charge is -2.35. The van der Waals surface area contributed by atoms with Crippen molar-refractivity contribution in [3.63, 3.8) is 0 Å². The predicted molar refractivity (Wildman–Crippen MR) is 111 cm³/mol. The lowest BCUT2D eigenvalue weighted by Crippen LogP contribution is -2.39. The first-order valence-corrected chi connectivity index (χ1v) is 10.4. The zero-order valence-corrected chi connectivity index (χ0v) is 17.0. The zero-order valence-electron chi connectivity index (χ0n) is 17.0. The monoisotopic (exact) mass is 390 g/mol. The van der Waals surface area contributed by atoms with Gasteiger partial charge in [0.1, 0.15) is 5.58 Å². The number of aromatic nitrogens is 2. The first kappa shape index (κ1) is 18.3. The molecule has 4 heterocycles. The Bertz CT molecular complexity index is 1070. The Labute approximate surface area is 170 Å². The van der Waals surface area contributed by atoms with Gasteiger partial charge >= 0.3 is 0 Å². The van der Waals surface area contributed by atoms with Crippen LogP contribution in [0.15, 0.2) is 34.9 Å². The number of benzene rings is 1. The number of carbonyl (C=O) groups excluding carboxylic acids is 1. The van der Waals surface area contributed by atoms with Gasteiger partial charge in [0.15, 0.2) is 11.6 Å². The van der Waals surface area contributed by atoms with E-state index in [-0.39, 0.29) is 11.9 Å². The molecular formula is C23H26N4O2. The second-order valence-corrected chi connectivity index (χ2v) is 8.25. The van der Waals surface area contributed by atoms with Gasteiger partial charge in [-0.3, -0.25) is 4.79 Å². The molecule has 0 saturated carbocycles. The molecule has 5 rings (SSSR count). The summed E-state index contributed by atoms with van der Waals surface area (Å²) in [4.78, 5) is 27.3. The first-order chi connectivity index (χ1) is 14.1. The lowest BCUT2D eigenvalue weighted by molar-refractivity contribution is 0.0568. The summed E-state index contributed by atoms with van der Waals surface area (Å²) in [5.41, 5.74) is 4.00. The molecule has 0 N–H and O–H groups in total. The fraction of sp³-hybridized carbons (Fsp3) is 0.435. The number of likely N-dealkylation sites (N-methyl/N-ethyl adjacent to an activating group) is 1. The molecular weight excluding hydrogens is 364 g/mol. The minimum atomic E-state index is -0.0891. The number of fused-ring (bicyclic) bond motifs is 2. The number of furan rings is 1. The molecule has 150 valence electrons. The number of nitrogens with zero attached hydrogens (tertiary/aromatic N) is 4. The van der Waals surface area contributed by atoms with E-state index in [1.54, 1.807) is 0 Å².